The summed E-state index contributed by atoms with van der Waals surface area (Å²) in [6.07, 6.45) is 3.31. The lowest BCUT2D eigenvalue weighted by atomic mass is 10.1. The van der Waals surface area contributed by atoms with Gasteiger partial charge in [0.25, 0.3) is 5.91 Å². The summed E-state index contributed by atoms with van der Waals surface area (Å²) < 4.78 is 4.97. The minimum atomic E-state index is -0.0433. The Morgan fingerprint density at radius 2 is 2.43 bits per heavy atom. The third kappa shape index (κ3) is 1.75. The van der Waals surface area contributed by atoms with Gasteiger partial charge in [-0.05, 0) is 18.6 Å². The fourth-order valence-corrected chi connectivity index (χ4v) is 1.31. The van der Waals surface area contributed by atoms with E-state index in [1.807, 2.05) is 6.92 Å². The summed E-state index contributed by atoms with van der Waals surface area (Å²) >= 11 is 0. The highest BCUT2D eigenvalue weighted by Gasteiger charge is 2.21. The fourth-order valence-electron chi connectivity index (χ4n) is 1.31. The second-order valence-electron chi connectivity index (χ2n) is 3.40. The van der Waals surface area contributed by atoms with Crippen molar-refractivity contribution in [3.63, 3.8) is 0 Å². The maximum absolute atomic E-state index is 11.7. The number of hydrogen-bond donors (Lipinski definition) is 1. The van der Waals surface area contributed by atoms with E-state index < -0.39 is 0 Å². The molecule has 0 aromatic carbocycles. The van der Waals surface area contributed by atoms with Crippen molar-refractivity contribution in [2.45, 2.75) is 13.0 Å². The molecule has 2 heterocycles. The van der Waals surface area contributed by atoms with Crippen molar-refractivity contribution in [1.82, 2.24) is 10.3 Å². The van der Waals surface area contributed by atoms with E-state index in [9.17, 15) is 4.79 Å². The predicted molar refractivity (Wildman–Crippen MR) is 51.0 cm³/mol. The number of carbonyl (C=O) groups is 1. The lowest BCUT2D eigenvalue weighted by molar-refractivity contribution is -0.00347. The highest BCUT2D eigenvalue weighted by molar-refractivity contribution is 5.95. The van der Waals surface area contributed by atoms with E-state index in [2.05, 4.69) is 10.3 Å². The lowest BCUT2D eigenvalue weighted by Crippen LogP contribution is -2.48. The first kappa shape index (κ1) is 9.15. The van der Waals surface area contributed by atoms with Gasteiger partial charge in [-0.3, -0.25) is 9.78 Å². The molecule has 0 spiro atoms. The number of amides is 1. The molecule has 0 unspecified atom stereocenters. The number of pyridine rings is 1. The van der Waals surface area contributed by atoms with Gasteiger partial charge in [0.2, 0.25) is 0 Å². The molecule has 1 saturated heterocycles. The summed E-state index contributed by atoms with van der Waals surface area (Å²) in [5.74, 6) is -0.0433. The Morgan fingerprint density at radius 3 is 3.00 bits per heavy atom. The third-order valence-electron chi connectivity index (χ3n) is 2.24. The molecule has 1 fully saturated rings. The summed E-state index contributed by atoms with van der Waals surface area (Å²) in [7, 11) is 0. The Bertz CT molecular complexity index is 348. The molecular weight excluding hydrogens is 180 g/mol. The summed E-state index contributed by atoms with van der Waals surface area (Å²) in [5, 5.41) is 2.88. The molecule has 0 bridgehead atoms. The monoisotopic (exact) mass is 192 g/mol. The van der Waals surface area contributed by atoms with Gasteiger partial charge in [0.05, 0.1) is 19.3 Å². The van der Waals surface area contributed by atoms with Crippen LogP contribution in [0.5, 0.6) is 0 Å². The zero-order chi connectivity index (χ0) is 9.97. The van der Waals surface area contributed by atoms with Crippen molar-refractivity contribution in [3.05, 3.63) is 29.6 Å². The minimum Gasteiger partial charge on any atom is -0.377 e. The van der Waals surface area contributed by atoms with Crippen molar-refractivity contribution in [2.24, 2.45) is 0 Å². The van der Waals surface area contributed by atoms with E-state index in [-0.39, 0.29) is 11.9 Å². The van der Waals surface area contributed by atoms with Gasteiger partial charge in [0.1, 0.15) is 0 Å². The smallest absolute Gasteiger partial charge is 0.252 e. The molecule has 1 N–H and O–H groups in total. The van der Waals surface area contributed by atoms with Crippen LogP contribution in [0.4, 0.5) is 0 Å². The zero-order valence-electron chi connectivity index (χ0n) is 7.99. The van der Waals surface area contributed by atoms with E-state index in [1.54, 1.807) is 18.5 Å². The van der Waals surface area contributed by atoms with Crippen LogP contribution in [0.15, 0.2) is 18.5 Å². The molecule has 2 rings (SSSR count). The molecule has 1 aliphatic heterocycles. The molecule has 0 saturated carbocycles. The molecule has 1 aliphatic rings. The van der Waals surface area contributed by atoms with Crippen LogP contribution in [-0.2, 0) is 4.74 Å². The molecule has 4 heteroatoms. The second kappa shape index (κ2) is 3.75. The number of hydrogen-bond acceptors (Lipinski definition) is 3. The number of rotatable bonds is 2. The molecule has 1 aromatic heterocycles. The van der Waals surface area contributed by atoms with Crippen LogP contribution in [0.3, 0.4) is 0 Å². The second-order valence-corrected chi connectivity index (χ2v) is 3.40. The van der Waals surface area contributed by atoms with Crippen molar-refractivity contribution in [2.75, 3.05) is 13.2 Å². The number of aryl methyl sites for hydroxylation is 1. The normalized spacial score (nSPS) is 16.1. The fraction of sp³-hybridized carbons (Fsp3) is 0.400. The molecule has 74 valence electrons. The van der Waals surface area contributed by atoms with Gasteiger partial charge in [-0.25, -0.2) is 0 Å². The number of carbonyl (C=O) groups excluding carboxylic acids is 1. The topological polar surface area (TPSA) is 51.2 Å². The summed E-state index contributed by atoms with van der Waals surface area (Å²) in [4.78, 5) is 15.6. The van der Waals surface area contributed by atoms with Crippen LogP contribution in [0, 0.1) is 6.92 Å². The Labute approximate surface area is 82.3 Å². The van der Waals surface area contributed by atoms with E-state index in [0.29, 0.717) is 18.8 Å². The van der Waals surface area contributed by atoms with E-state index in [0.717, 1.165) is 5.56 Å². The summed E-state index contributed by atoms with van der Waals surface area (Å²) in [6.45, 7) is 3.12. The molecule has 4 nitrogen and oxygen atoms in total. The first-order valence-electron chi connectivity index (χ1n) is 4.56. The minimum absolute atomic E-state index is 0.0433. The standard InChI is InChI=1S/C10H12N2O2/c1-7-4-11-3-2-9(7)10(13)12-8-5-14-6-8/h2-4,8H,5-6H2,1H3,(H,12,13). The number of nitrogens with one attached hydrogen (secondary N) is 1. The Morgan fingerprint density at radius 1 is 1.64 bits per heavy atom. The van der Waals surface area contributed by atoms with E-state index in [4.69, 9.17) is 4.74 Å². The molecule has 0 atom stereocenters. The lowest BCUT2D eigenvalue weighted by Gasteiger charge is -2.26. The van der Waals surface area contributed by atoms with Gasteiger partial charge in [-0.15, -0.1) is 0 Å². The van der Waals surface area contributed by atoms with E-state index in [1.165, 1.54) is 0 Å². The highest BCUT2D eigenvalue weighted by Crippen LogP contribution is 2.07. The van der Waals surface area contributed by atoms with Crippen molar-refractivity contribution in [3.8, 4) is 0 Å². The molecule has 14 heavy (non-hydrogen) atoms. The molecule has 0 aliphatic carbocycles. The summed E-state index contributed by atoms with van der Waals surface area (Å²) in [6, 6.07) is 1.90. The Balaban J connectivity index is 2.06. The van der Waals surface area contributed by atoms with Crippen molar-refractivity contribution >= 4 is 5.91 Å². The number of nitrogens with zero attached hydrogens (tertiary/aromatic N) is 1. The van der Waals surface area contributed by atoms with Crippen molar-refractivity contribution < 1.29 is 9.53 Å². The third-order valence-corrected chi connectivity index (χ3v) is 2.24. The van der Waals surface area contributed by atoms with Crippen LogP contribution in [0.2, 0.25) is 0 Å². The van der Waals surface area contributed by atoms with Crippen LogP contribution in [0.25, 0.3) is 0 Å². The quantitative estimate of drug-likeness (QED) is 0.743. The number of ether oxygens (including phenoxy) is 1. The van der Waals surface area contributed by atoms with Crippen LogP contribution in [0.1, 0.15) is 15.9 Å². The molecule has 1 aromatic rings. The SMILES string of the molecule is Cc1cnccc1C(=O)NC1COC1. The Hall–Kier alpha value is -1.42. The van der Waals surface area contributed by atoms with Gasteiger partial charge in [0.15, 0.2) is 0 Å². The van der Waals surface area contributed by atoms with Gasteiger partial charge < -0.3 is 10.1 Å². The van der Waals surface area contributed by atoms with Gasteiger partial charge in [-0.1, -0.05) is 0 Å². The van der Waals surface area contributed by atoms with Gasteiger partial charge >= 0.3 is 0 Å². The Kier molecular flexibility index (Phi) is 2.45. The average molecular weight is 192 g/mol. The van der Waals surface area contributed by atoms with Gasteiger partial charge in [0, 0.05) is 18.0 Å². The largest absolute Gasteiger partial charge is 0.377 e. The molecular formula is C10H12N2O2. The zero-order valence-corrected chi connectivity index (χ0v) is 7.99. The maximum atomic E-state index is 11.7. The summed E-state index contributed by atoms with van der Waals surface area (Å²) in [5.41, 5.74) is 1.58. The maximum Gasteiger partial charge on any atom is 0.252 e. The predicted octanol–water partition coefficient (Wildman–Crippen LogP) is 0.519. The molecule has 1 amide bonds. The van der Waals surface area contributed by atoms with Crippen molar-refractivity contribution in [1.29, 1.82) is 0 Å². The molecule has 0 radical (unpaired) electrons. The average Bonchev–Trinajstić information content (AvgIpc) is 2.12. The number of aromatic nitrogens is 1. The van der Waals surface area contributed by atoms with Gasteiger partial charge in [-0.2, -0.15) is 0 Å². The first-order valence-corrected chi connectivity index (χ1v) is 4.56. The van der Waals surface area contributed by atoms with Crippen LogP contribution >= 0.6 is 0 Å². The van der Waals surface area contributed by atoms with E-state index >= 15 is 0 Å². The van der Waals surface area contributed by atoms with Crippen LogP contribution in [-0.4, -0.2) is 30.1 Å². The first-order chi connectivity index (χ1) is 6.77. The van der Waals surface area contributed by atoms with Crippen LogP contribution < -0.4 is 5.32 Å². The highest BCUT2D eigenvalue weighted by atomic mass is 16.5.